The third kappa shape index (κ3) is 5.32. The first-order valence-electron chi connectivity index (χ1n) is 9.25. The molecule has 0 spiro atoms. The van der Waals surface area contributed by atoms with Gasteiger partial charge in [0.15, 0.2) is 9.84 Å². The molecule has 1 aliphatic heterocycles. The molecule has 27 heavy (non-hydrogen) atoms. The minimum atomic E-state index is -3.07. The second-order valence-corrected chi connectivity index (χ2v) is 10.1. The highest BCUT2D eigenvalue weighted by Gasteiger charge is 2.35. The summed E-state index contributed by atoms with van der Waals surface area (Å²) >= 11 is 1.57. The normalized spacial score (nSPS) is 18.3. The predicted molar refractivity (Wildman–Crippen MR) is 108 cm³/mol. The van der Waals surface area contributed by atoms with E-state index >= 15 is 0 Å². The Bertz CT molecular complexity index is 862. The number of ether oxygens (including phenoxy) is 1. The number of sulfone groups is 1. The molecule has 0 aliphatic carbocycles. The second-order valence-electron chi connectivity index (χ2n) is 6.80. The Balaban J connectivity index is 1.81. The maximum atomic E-state index is 13.2. The quantitative estimate of drug-likeness (QED) is 0.625. The van der Waals surface area contributed by atoms with Crippen LogP contribution in [-0.4, -0.2) is 43.4 Å². The summed E-state index contributed by atoms with van der Waals surface area (Å²) in [4.78, 5) is 16.0. The van der Waals surface area contributed by atoms with Crippen molar-refractivity contribution in [1.29, 1.82) is 0 Å². The van der Waals surface area contributed by atoms with Crippen LogP contribution in [-0.2, 0) is 16.4 Å². The van der Waals surface area contributed by atoms with Crippen molar-refractivity contribution in [3.05, 3.63) is 52.2 Å². The van der Waals surface area contributed by atoms with Gasteiger partial charge in [-0.1, -0.05) is 25.5 Å². The van der Waals surface area contributed by atoms with Gasteiger partial charge in [0.1, 0.15) is 5.75 Å². The van der Waals surface area contributed by atoms with Crippen molar-refractivity contribution in [2.75, 3.05) is 18.1 Å². The average molecular weight is 408 g/mol. The van der Waals surface area contributed by atoms with Gasteiger partial charge in [0.2, 0.25) is 0 Å². The van der Waals surface area contributed by atoms with Gasteiger partial charge < -0.3 is 9.64 Å². The van der Waals surface area contributed by atoms with E-state index in [2.05, 4.69) is 6.92 Å². The van der Waals surface area contributed by atoms with Gasteiger partial charge >= 0.3 is 0 Å². The first kappa shape index (κ1) is 19.9. The molecule has 1 aromatic heterocycles. The lowest BCUT2D eigenvalue weighted by molar-refractivity contribution is 0.0682. The van der Waals surface area contributed by atoms with E-state index in [1.807, 2.05) is 29.6 Å². The Hall–Kier alpha value is -1.86. The summed E-state index contributed by atoms with van der Waals surface area (Å²) in [6, 6.07) is 10.8. The highest BCUT2D eigenvalue weighted by molar-refractivity contribution is 7.91. The number of unbranched alkanes of at least 4 members (excludes halogenated alkanes) is 1. The van der Waals surface area contributed by atoms with Crippen LogP contribution in [0, 0.1) is 0 Å². The number of thiophene rings is 1. The zero-order chi connectivity index (χ0) is 19.3. The van der Waals surface area contributed by atoms with Crippen molar-refractivity contribution < 1.29 is 17.9 Å². The molecule has 5 nitrogen and oxygen atoms in total. The number of benzene rings is 1. The van der Waals surface area contributed by atoms with Crippen molar-refractivity contribution in [1.82, 2.24) is 4.90 Å². The standard InChI is InChI=1S/C20H25NO4S2/c1-2-3-10-25-18-7-4-6-16(13-18)20(22)21(14-19-8-5-11-26-19)17-9-12-27(23,24)15-17/h4-8,11,13,17H,2-3,9-10,12,14-15H2,1H3/t17-/m1/s1. The molecule has 3 rings (SSSR count). The van der Waals surface area contributed by atoms with Gasteiger partial charge in [0, 0.05) is 16.5 Å². The van der Waals surface area contributed by atoms with Crippen LogP contribution in [0.2, 0.25) is 0 Å². The molecule has 0 radical (unpaired) electrons. The largest absolute Gasteiger partial charge is 0.494 e. The van der Waals surface area contributed by atoms with Gasteiger partial charge in [0.05, 0.1) is 24.7 Å². The molecule has 2 aromatic rings. The summed E-state index contributed by atoms with van der Waals surface area (Å²) in [5, 5.41) is 1.96. The average Bonchev–Trinajstić information content (AvgIpc) is 3.29. The zero-order valence-electron chi connectivity index (χ0n) is 15.5. The van der Waals surface area contributed by atoms with Crippen LogP contribution in [0.15, 0.2) is 41.8 Å². The van der Waals surface area contributed by atoms with Crippen molar-refractivity contribution >= 4 is 27.1 Å². The zero-order valence-corrected chi connectivity index (χ0v) is 17.1. The van der Waals surface area contributed by atoms with Crippen LogP contribution in [0.5, 0.6) is 5.75 Å². The van der Waals surface area contributed by atoms with Gasteiger partial charge in [-0.2, -0.15) is 0 Å². The van der Waals surface area contributed by atoms with Crippen molar-refractivity contribution in [3.63, 3.8) is 0 Å². The van der Waals surface area contributed by atoms with Crippen LogP contribution >= 0.6 is 11.3 Å². The molecule has 1 atom stereocenters. The highest BCUT2D eigenvalue weighted by Crippen LogP contribution is 2.25. The van der Waals surface area contributed by atoms with Gasteiger partial charge in [-0.15, -0.1) is 11.3 Å². The van der Waals surface area contributed by atoms with E-state index in [0.29, 0.717) is 30.9 Å². The summed E-state index contributed by atoms with van der Waals surface area (Å²) < 4.78 is 29.6. The summed E-state index contributed by atoms with van der Waals surface area (Å²) in [6.45, 7) is 3.15. The molecule has 146 valence electrons. The summed E-state index contributed by atoms with van der Waals surface area (Å²) in [6.07, 6.45) is 2.50. The number of rotatable bonds is 8. The van der Waals surface area contributed by atoms with Crippen molar-refractivity contribution in [2.24, 2.45) is 0 Å². The Morgan fingerprint density at radius 3 is 2.81 bits per heavy atom. The number of hydrogen-bond acceptors (Lipinski definition) is 5. The Morgan fingerprint density at radius 1 is 1.30 bits per heavy atom. The van der Waals surface area contributed by atoms with E-state index in [-0.39, 0.29) is 23.5 Å². The lowest BCUT2D eigenvalue weighted by Crippen LogP contribution is -2.40. The molecule has 0 saturated carbocycles. The summed E-state index contributed by atoms with van der Waals surface area (Å²) in [5.41, 5.74) is 0.532. The fourth-order valence-electron chi connectivity index (χ4n) is 3.18. The van der Waals surface area contributed by atoms with Crippen molar-refractivity contribution in [3.8, 4) is 5.75 Å². The van der Waals surface area contributed by atoms with Gasteiger partial charge in [0.25, 0.3) is 5.91 Å². The van der Waals surface area contributed by atoms with E-state index in [9.17, 15) is 13.2 Å². The monoisotopic (exact) mass is 407 g/mol. The van der Waals surface area contributed by atoms with E-state index in [1.165, 1.54) is 0 Å². The minimum absolute atomic E-state index is 0.0385. The maximum absolute atomic E-state index is 13.2. The smallest absolute Gasteiger partial charge is 0.254 e. The Morgan fingerprint density at radius 2 is 2.15 bits per heavy atom. The molecule has 1 aliphatic rings. The molecule has 7 heteroatoms. The number of hydrogen-bond donors (Lipinski definition) is 0. The molecule has 0 unspecified atom stereocenters. The van der Waals surface area contributed by atoms with E-state index < -0.39 is 9.84 Å². The molecule has 1 aromatic carbocycles. The molecule has 1 fully saturated rings. The van der Waals surface area contributed by atoms with Gasteiger partial charge in [-0.25, -0.2) is 8.42 Å². The number of carbonyl (C=O) groups excluding carboxylic acids is 1. The molecule has 1 saturated heterocycles. The SMILES string of the molecule is CCCCOc1cccc(C(=O)N(Cc2cccs2)[C@@H]2CCS(=O)(=O)C2)c1. The fourth-order valence-corrected chi connectivity index (χ4v) is 5.61. The lowest BCUT2D eigenvalue weighted by atomic mass is 10.1. The molecule has 0 bridgehead atoms. The third-order valence-corrected chi connectivity index (χ3v) is 7.28. The van der Waals surface area contributed by atoms with Crippen LogP contribution in [0.3, 0.4) is 0 Å². The number of amides is 1. The molecule has 2 heterocycles. The molecule has 0 N–H and O–H groups in total. The first-order valence-corrected chi connectivity index (χ1v) is 12.0. The summed E-state index contributed by atoms with van der Waals surface area (Å²) in [7, 11) is -3.07. The predicted octanol–water partition coefficient (Wildman–Crippen LogP) is 3.76. The lowest BCUT2D eigenvalue weighted by Gasteiger charge is -2.28. The fraction of sp³-hybridized carbons (Fsp3) is 0.450. The minimum Gasteiger partial charge on any atom is -0.494 e. The third-order valence-electron chi connectivity index (χ3n) is 4.66. The Kier molecular flexibility index (Phi) is 6.55. The van der Waals surface area contributed by atoms with Crippen LogP contribution in [0.1, 0.15) is 41.4 Å². The molecular formula is C20H25NO4S2. The van der Waals surface area contributed by atoms with E-state index in [0.717, 1.165) is 17.7 Å². The summed E-state index contributed by atoms with van der Waals surface area (Å²) in [5.74, 6) is 0.707. The van der Waals surface area contributed by atoms with Gasteiger partial charge in [-0.3, -0.25) is 4.79 Å². The topological polar surface area (TPSA) is 63.7 Å². The number of nitrogens with zero attached hydrogens (tertiary/aromatic N) is 1. The van der Waals surface area contributed by atoms with Crippen LogP contribution in [0.25, 0.3) is 0 Å². The Labute approximate surface area is 164 Å². The van der Waals surface area contributed by atoms with E-state index in [4.69, 9.17) is 4.74 Å². The maximum Gasteiger partial charge on any atom is 0.254 e. The first-order chi connectivity index (χ1) is 13.0. The van der Waals surface area contributed by atoms with Crippen LogP contribution < -0.4 is 4.74 Å². The van der Waals surface area contributed by atoms with Gasteiger partial charge in [-0.05, 0) is 42.5 Å². The highest BCUT2D eigenvalue weighted by atomic mass is 32.2. The molecule has 1 amide bonds. The van der Waals surface area contributed by atoms with E-state index in [1.54, 1.807) is 28.4 Å². The second kappa shape index (κ2) is 8.89. The van der Waals surface area contributed by atoms with Crippen molar-refractivity contribution in [2.45, 2.75) is 38.8 Å². The number of carbonyl (C=O) groups is 1. The molecular weight excluding hydrogens is 382 g/mol. The van der Waals surface area contributed by atoms with Crippen LogP contribution in [0.4, 0.5) is 0 Å².